The van der Waals surface area contributed by atoms with Gasteiger partial charge in [0, 0.05) is 55.5 Å². The maximum Gasteiger partial charge on any atom is 0.414 e. The first-order chi connectivity index (χ1) is 15.8. The van der Waals surface area contributed by atoms with Crippen molar-refractivity contribution >= 4 is 40.8 Å². The number of aryl methyl sites for hydroxylation is 1. The second-order valence-electron chi connectivity index (χ2n) is 7.95. The van der Waals surface area contributed by atoms with Crippen LogP contribution < -0.4 is 9.80 Å². The molecule has 0 radical (unpaired) electrons. The van der Waals surface area contributed by atoms with Crippen LogP contribution in [-0.2, 0) is 20.8 Å². The van der Waals surface area contributed by atoms with E-state index in [2.05, 4.69) is 34.1 Å². The number of nitrogens with zero attached hydrogens (tertiary/aromatic N) is 3. The van der Waals surface area contributed by atoms with Gasteiger partial charge in [0.15, 0.2) is 0 Å². The normalized spacial score (nSPS) is 16.0. The van der Waals surface area contributed by atoms with E-state index in [0.29, 0.717) is 6.42 Å². The molecular formula is C24H28ClN3O5. The Labute approximate surface area is 198 Å². The predicted molar refractivity (Wildman–Crippen MR) is 127 cm³/mol. The van der Waals surface area contributed by atoms with Gasteiger partial charge in [0.2, 0.25) is 5.91 Å². The third-order valence-corrected chi connectivity index (χ3v) is 6.01. The topological polar surface area (TPSA) is 101 Å². The summed E-state index contributed by atoms with van der Waals surface area (Å²) in [5, 5.41) is 15.6. The van der Waals surface area contributed by atoms with Crippen molar-refractivity contribution < 1.29 is 24.6 Å². The SMILES string of the molecule is O=C(O)C(=O)O.O=C1CCc2ccccc2N1CCCN1CCN(c2cccc(Cl)c2)CC1. The van der Waals surface area contributed by atoms with Crippen LogP contribution in [0.25, 0.3) is 0 Å². The lowest BCUT2D eigenvalue weighted by molar-refractivity contribution is -0.159. The van der Waals surface area contributed by atoms with Crippen molar-refractivity contribution in [3.63, 3.8) is 0 Å². The summed E-state index contributed by atoms with van der Waals surface area (Å²) in [6.45, 7) is 5.99. The summed E-state index contributed by atoms with van der Waals surface area (Å²) < 4.78 is 0. The second-order valence-corrected chi connectivity index (χ2v) is 8.38. The predicted octanol–water partition coefficient (Wildman–Crippen LogP) is 2.99. The number of hydrogen-bond acceptors (Lipinski definition) is 5. The number of piperazine rings is 1. The molecule has 2 aromatic rings. The number of anilines is 2. The van der Waals surface area contributed by atoms with Crippen molar-refractivity contribution in [2.24, 2.45) is 0 Å². The molecule has 9 heteroatoms. The number of carbonyl (C=O) groups excluding carboxylic acids is 1. The minimum Gasteiger partial charge on any atom is -0.473 e. The van der Waals surface area contributed by atoms with Crippen molar-refractivity contribution in [3.05, 3.63) is 59.1 Å². The molecule has 2 heterocycles. The van der Waals surface area contributed by atoms with E-state index in [-0.39, 0.29) is 5.91 Å². The molecule has 0 saturated carbocycles. The molecule has 0 bridgehead atoms. The van der Waals surface area contributed by atoms with Crippen LogP contribution in [0.2, 0.25) is 5.02 Å². The molecule has 2 aromatic carbocycles. The molecule has 2 aliphatic rings. The highest BCUT2D eigenvalue weighted by atomic mass is 35.5. The van der Waals surface area contributed by atoms with Gasteiger partial charge >= 0.3 is 11.9 Å². The first-order valence-electron chi connectivity index (χ1n) is 10.9. The highest BCUT2D eigenvalue weighted by molar-refractivity contribution is 6.30. The third-order valence-electron chi connectivity index (χ3n) is 5.78. The lowest BCUT2D eigenvalue weighted by atomic mass is 10.0. The van der Waals surface area contributed by atoms with E-state index >= 15 is 0 Å². The van der Waals surface area contributed by atoms with E-state index < -0.39 is 11.9 Å². The summed E-state index contributed by atoms with van der Waals surface area (Å²) in [5.41, 5.74) is 3.62. The van der Waals surface area contributed by atoms with Crippen molar-refractivity contribution in [1.82, 2.24) is 4.90 Å². The fourth-order valence-corrected chi connectivity index (χ4v) is 4.28. The van der Waals surface area contributed by atoms with E-state index in [1.54, 1.807) is 0 Å². The highest BCUT2D eigenvalue weighted by Crippen LogP contribution is 2.27. The van der Waals surface area contributed by atoms with Gasteiger partial charge in [0.1, 0.15) is 0 Å². The first-order valence-corrected chi connectivity index (χ1v) is 11.3. The van der Waals surface area contributed by atoms with Crippen molar-refractivity contribution in [3.8, 4) is 0 Å². The quantitative estimate of drug-likeness (QED) is 0.643. The van der Waals surface area contributed by atoms with Crippen LogP contribution in [-0.4, -0.2) is 72.2 Å². The second kappa shape index (κ2) is 11.7. The number of para-hydroxylation sites is 1. The first kappa shape index (κ1) is 24.5. The molecule has 2 aliphatic heterocycles. The summed E-state index contributed by atoms with van der Waals surface area (Å²) in [7, 11) is 0. The Bertz CT molecular complexity index is 980. The monoisotopic (exact) mass is 473 g/mol. The number of rotatable bonds is 5. The largest absolute Gasteiger partial charge is 0.473 e. The Morgan fingerprint density at radius 2 is 1.58 bits per heavy atom. The average Bonchev–Trinajstić information content (AvgIpc) is 2.81. The molecule has 1 amide bonds. The molecular weight excluding hydrogens is 446 g/mol. The molecule has 0 spiro atoms. The fraction of sp³-hybridized carbons (Fsp3) is 0.375. The van der Waals surface area contributed by atoms with Crippen LogP contribution in [0.1, 0.15) is 18.4 Å². The lowest BCUT2D eigenvalue weighted by Crippen LogP contribution is -2.47. The van der Waals surface area contributed by atoms with Crippen molar-refractivity contribution in [2.75, 3.05) is 49.1 Å². The van der Waals surface area contributed by atoms with Crippen LogP contribution >= 0.6 is 11.6 Å². The summed E-state index contributed by atoms with van der Waals surface area (Å²) >= 11 is 6.11. The highest BCUT2D eigenvalue weighted by Gasteiger charge is 2.24. The summed E-state index contributed by atoms with van der Waals surface area (Å²) in [6, 6.07) is 16.4. The number of carbonyl (C=O) groups is 3. The Morgan fingerprint density at radius 3 is 2.24 bits per heavy atom. The van der Waals surface area contributed by atoms with E-state index in [0.717, 1.165) is 62.8 Å². The van der Waals surface area contributed by atoms with E-state index in [1.165, 1.54) is 11.3 Å². The number of hydrogen-bond donors (Lipinski definition) is 2. The Hall–Kier alpha value is -3.10. The van der Waals surface area contributed by atoms with Gasteiger partial charge in [-0.3, -0.25) is 9.69 Å². The molecule has 2 N–H and O–H groups in total. The Morgan fingerprint density at radius 1 is 0.879 bits per heavy atom. The number of aliphatic carboxylic acids is 2. The van der Waals surface area contributed by atoms with E-state index in [1.807, 2.05) is 29.2 Å². The minimum absolute atomic E-state index is 0.263. The standard InChI is InChI=1S/C22H26ClN3O.C2H2O4/c23-19-6-3-7-20(17-19)25-15-13-24(14-16-25)11-4-12-26-21-8-2-1-5-18(21)9-10-22(26)27;3-1(4)2(5)6/h1-3,5-8,17H,4,9-16H2;(H,3,4)(H,5,6). The van der Waals surface area contributed by atoms with Crippen LogP contribution in [0.4, 0.5) is 11.4 Å². The van der Waals surface area contributed by atoms with Crippen molar-refractivity contribution in [2.45, 2.75) is 19.3 Å². The van der Waals surface area contributed by atoms with Crippen LogP contribution in [0.5, 0.6) is 0 Å². The Balaban J connectivity index is 0.000000454. The molecule has 4 rings (SSSR count). The van der Waals surface area contributed by atoms with Gasteiger partial charge in [0.05, 0.1) is 0 Å². The van der Waals surface area contributed by atoms with Crippen LogP contribution in [0.3, 0.4) is 0 Å². The smallest absolute Gasteiger partial charge is 0.414 e. The zero-order chi connectivity index (χ0) is 23.8. The molecule has 33 heavy (non-hydrogen) atoms. The molecule has 8 nitrogen and oxygen atoms in total. The third kappa shape index (κ3) is 6.94. The van der Waals surface area contributed by atoms with Gasteiger partial charge in [0.25, 0.3) is 0 Å². The Kier molecular flexibility index (Phi) is 8.68. The molecule has 1 fully saturated rings. The van der Waals surface area contributed by atoms with Crippen molar-refractivity contribution in [1.29, 1.82) is 0 Å². The number of carboxylic acids is 2. The van der Waals surface area contributed by atoms with Gasteiger partial charge in [-0.25, -0.2) is 9.59 Å². The molecule has 0 atom stereocenters. The molecule has 0 unspecified atom stereocenters. The van der Waals surface area contributed by atoms with Gasteiger partial charge in [-0.15, -0.1) is 0 Å². The number of fused-ring (bicyclic) bond motifs is 1. The zero-order valence-corrected chi connectivity index (χ0v) is 19.1. The number of benzene rings is 2. The van der Waals surface area contributed by atoms with Gasteiger partial charge in [-0.05, 0) is 49.2 Å². The summed E-state index contributed by atoms with van der Waals surface area (Å²) in [6.07, 6.45) is 2.52. The maximum absolute atomic E-state index is 12.4. The molecule has 1 saturated heterocycles. The lowest BCUT2D eigenvalue weighted by Gasteiger charge is -2.36. The average molecular weight is 474 g/mol. The number of halogens is 1. The summed E-state index contributed by atoms with van der Waals surface area (Å²) in [5.74, 6) is -3.38. The van der Waals surface area contributed by atoms with Gasteiger partial charge < -0.3 is 20.0 Å². The van der Waals surface area contributed by atoms with Crippen LogP contribution in [0, 0.1) is 0 Å². The maximum atomic E-state index is 12.4. The molecule has 176 valence electrons. The van der Waals surface area contributed by atoms with E-state index in [4.69, 9.17) is 31.4 Å². The number of carboxylic acid groups (broad SMARTS) is 2. The molecule has 0 aliphatic carbocycles. The van der Waals surface area contributed by atoms with Crippen LogP contribution in [0.15, 0.2) is 48.5 Å². The van der Waals surface area contributed by atoms with Gasteiger partial charge in [-0.1, -0.05) is 35.9 Å². The van der Waals surface area contributed by atoms with E-state index in [9.17, 15) is 4.79 Å². The fourth-order valence-electron chi connectivity index (χ4n) is 4.10. The summed E-state index contributed by atoms with van der Waals surface area (Å²) in [4.78, 5) is 37.4. The molecule has 0 aromatic heterocycles. The number of amides is 1. The zero-order valence-electron chi connectivity index (χ0n) is 18.3. The van der Waals surface area contributed by atoms with Gasteiger partial charge in [-0.2, -0.15) is 0 Å². The minimum atomic E-state index is -1.82.